The summed E-state index contributed by atoms with van der Waals surface area (Å²) in [4.78, 5) is 41.1. The molecular weight excluding hydrogens is 437 g/mol. The van der Waals surface area contributed by atoms with Crippen LogP contribution < -0.4 is 10.6 Å². The number of aryl methyl sites for hydroxylation is 1. The SMILES string of the molecule is Cc1ccc(C(C(=O)NC2CCCC2)N(Cc2ccccc2F)C(=O)C(=O)NC2CCCC2)o1. The van der Waals surface area contributed by atoms with Crippen molar-refractivity contribution in [2.45, 2.75) is 83.0 Å². The topological polar surface area (TPSA) is 91.7 Å². The van der Waals surface area contributed by atoms with Crippen molar-refractivity contribution < 1.29 is 23.2 Å². The minimum absolute atomic E-state index is 0.00351. The molecule has 2 aliphatic rings. The van der Waals surface area contributed by atoms with Crippen molar-refractivity contribution in [3.63, 3.8) is 0 Å². The summed E-state index contributed by atoms with van der Waals surface area (Å²) < 4.78 is 20.3. The average Bonchev–Trinajstić information content (AvgIpc) is 3.58. The molecule has 7 nitrogen and oxygen atoms in total. The first-order valence-electron chi connectivity index (χ1n) is 12.1. The van der Waals surface area contributed by atoms with Crippen LogP contribution in [0.4, 0.5) is 4.39 Å². The van der Waals surface area contributed by atoms with Gasteiger partial charge in [0.15, 0.2) is 6.04 Å². The monoisotopic (exact) mass is 469 g/mol. The van der Waals surface area contributed by atoms with Crippen LogP contribution in [0.5, 0.6) is 0 Å². The number of nitrogens with zero attached hydrogens (tertiary/aromatic N) is 1. The highest BCUT2D eigenvalue weighted by molar-refractivity contribution is 6.35. The summed E-state index contributed by atoms with van der Waals surface area (Å²) in [6, 6.07) is 8.12. The van der Waals surface area contributed by atoms with Gasteiger partial charge in [0.25, 0.3) is 5.91 Å². The fourth-order valence-electron chi connectivity index (χ4n) is 4.91. The van der Waals surface area contributed by atoms with E-state index in [1.165, 1.54) is 6.07 Å². The number of furan rings is 1. The maximum absolute atomic E-state index is 14.6. The van der Waals surface area contributed by atoms with Crippen molar-refractivity contribution in [1.29, 1.82) is 0 Å². The highest BCUT2D eigenvalue weighted by Gasteiger charge is 2.38. The van der Waals surface area contributed by atoms with Crippen molar-refractivity contribution >= 4 is 17.7 Å². The van der Waals surface area contributed by atoms with E-state index in [-0.39, 0.29) is 30.0 Å². The molecule has 2 N–H and O–H groups in total. The van der Waals surface area contributed by atoms with Gasteiger partial charge in [-0.1, -0.05) is 43.9 Å². The van der Waals surface area contributed by atoms with E-state index in [9.17, 15) is 18.8 Å². The molecule has 8 heteroatoms. The van der Waals surface area contributed by atoms with Crippen molar-refractivity contribution in [3.05, 3.63) is 59.3 Å². The summed E-state index contributed by atoms with van der Waals surface area (Å²) in [6.07, 6.45) is 7.39. The fourth-order valence-corrected chi connectivity index (χ4v) is 4.91. The number of carbonyl (C=O) groups is 3. The van der Waals surface area contributed by atoms with Crippen LogP contribution in [0.1, 0.15) is 74.5 Å². The average molecular weight is 470 g/mol. The molecule has 0 radical (unpaired) electrons. The number of hydrogen-bond acceptors (Lipinski definition) is 4. The summed E-state index contributed by atoms with van der Waals surface area (Å²) in [7, 11) is 0. The van der Waals surface area contributed by atoms with Gasteiger partial charge in [0.1, 0.15) is 17.3 Å². The number of benzene rings is 1. The largest absolute Gasteiger partial charge is 0.464 e. The minimum atomic E-state index is -1.20. The lowest BCUT2D eigenvalue weighted by Gasteiger charge is -2.30. The Balaban J connectivity index is 1.67. The molecule has 182 valence electrons. The first kappa shape index (κ1) is 24.0. The first-order valence-corrected chi connectivity index (χ1v) is 12.1. The number of nitrogens with one attached hydrogen (secondary N) is 2. The molecule has 1 heterocycles. The quantitative estimate of drug-likeness (QED) is 0.602. The Morgan fingerprint density at radius 3 is 2.18 bits per heavy atom. The zero-order valence-corrected chi connectivity index (χ0v) is 19.5. The van der Waals surface area contributed by atoms with Gasteiger partial charge >= 0.3 is 11.8 Å². The molecule has 2 fully saturated rings. The Hall–Kier alpha value is -3.16. The van der Waals surface area contributed by atoms with E-state index >= 15 is 0 Å². The molecule has 34 heavy (non-hydrogen) atoms. The van der Waals surface area contributed by atoms with Gasteiger partial charge < -0.3 is 20.0 Å². The molecule has 2 saturated carbocycles. The van der Waals surface area contributed by atoms with E-state index in [2.05, 4.69) is 10.6 Å². The van der Waals surface area contributed by atoms with Crippen LogP contribution in [0.25, 0.3) is 0 Å². The van der Waals surface area contributed by atoms with Gasteiger partial charge in [-0.25, -0.2) is 4.39 Å². The van der Waals surface area contributed by atoms with Crippen LogP contribution in [0, 0.1) is 12.7 Å². The van der Waals surface area contributed by atoms with Crippen LogP contribution in [-0.4, -0.2) is 34.7 Å². The van der Waals surface area contributed by atoms with E-state index in [4.69, 9.17) is 4.42 Å². The Morgan fingerprint density at radius 1 is 0.971 bits per heavy atom. The molecular formula is C26H32FN3O4. The molecule has 0 spiro atoms. The van der Waals surface area contributed by atoms with Gasteiger partial charge in [0.05, 0.1) is 6.54 Å². The normalized spacial score (nSPS) is 17.5. The molecule has 1 atom stereocenters. The molecule has 1 aromatic heterocycles. The third-order valence-corrected chi connectivity index (χ3v) is 6.74. The summed E-state index contributed by atoms with van der Waals surface area (Å²) in [5.74, 6) is -1.80. The van der Waals surface area contributed by atoms with E-state index < -0.39 is 29.6 Å². The standard InChI is InChI=1S/C26H32FN3O4/c1-17-14-15-22(34-17)23(24(31)28-19-9-3-4-10-19)30(16-18-8-2-7-13-21(18)27)26(33)25(32)29-20-11-5-6-12-20/h2,7-8,13-15,19-20,23H,3-6,9-12,16H2,1H3,(H,28,31)(H,29,32). The zero-order chi connectivity index (χ0) is 24.1. The number of hydrogen-bond donors (Lipinski definition) is 2. The molecule has 4 rings (SSSR count). The molecule has 1 aromatic carbocycles. The van der Waals surface area contributed by atoms with E-state index in [0.717, 1.165) is 56.3 Å². The molecule has 0 bridgehead atoms. The predicted molar refractivity (Wildman–Crippen MR) is 124 cm³/mol. The van der Waals surface area contributed by atoms with Gasteiger partial charge in [0.2, 0.25) is 0 Å². The minimum Gasteiger partial charge on any atom is -0.464 e. The van der Waals surface area contributed by atoms with Crippen molar-refractivity contribution in [2.24, 2.45) is 0 Å². The number of halogens is 1. The number of carbonyl (C=O) groups excluding carboxylic acids is 3. The summed E-state index contributed by atoms with van der Waals surface area (Å²) in [6.45, 7) is 1.50. The highest BCUT2D eigenvalue weighted by Crippen LogP contribution is 2.28. The van der Waals surface area contributed by atoms with Crippen LogP contribution in [0.2, 0.25) is 0 Å². The lowest BCUT2D eigenvalue weighted by molar-refractivity contribution is -0.151. The Labute approximate surface area is 199 Å². The molecule has 2 aromatic rings. The zero-order valence-electron chi connectivity index (χ0n) is 19.5. The second-order valence-corrected chi connectivity index (χ2v) is 9.32. The second kappa shape index (κ2) is 10.8. The van der Waals surface area contributed by atoms with Crippen molar-refractivity contribution in [1.82, 2.24) is 15.5 Å². The van der Waals surface area contributed by atoms with Gasteiger partial charge in [-0.2, -0.15) is 0 Å². The maximum atomic E-state index is 14.6. The summed E-state index contributed by atoms with van der Waals surface area (Å²) in [5.41, 5.74) is 0.214. The van der Waals surface area contributed by atoms with Gasteiger partial charge in [-0.05, 0) is 50.8 Å². The summed E-state index contributed by atoms with van der Waals surface area (Å²) >= 11 is 0. The van der Waals surface area contributed by atoms with E-state index in [1.54, 1.807) is 37.3 Å². The first-order chi connectivity index (χ1) is 16.4. The Bertz CT molecular complexity index is 1020. The Kier molecular flexibility index (Phi) is 7.65. The second-order valence-electron chi connectivity index (χ2n) is 9.32. The third kappa shape index (κ3) is 5.66. The predicted octanol–water partition coefficient (Wildman–Crippen LogP) is 3.91. The number of rotatable bonds is 7. The number of amides is 3. The van der Waals surface area contributed by atoms with E-state index in [0.29, 0.717) is 5.76 Å². The molecule has 3 amide bonds. The lowest BCUT2D eigenvalue weighted by Crippen LogP contribution is -2.51. The fraction of sp³-hybridized carbons (Fsp3) is 0.500. The van der Waals surface area contributed by atoms with E-state index in [1.807, 2.05) is 0 Å². The van der Waals surface area contributed by atoms with Crippen LogP contribution in [0.15, 0.2) is 40.8 Å². The molecule has 0 saturated heterocycles. The molecule has 2 aliphatic carbocycles. The van der Waals surface area contributed by atoms with Gasteiger partial charge in [-0.15, -0.1) is 0 Å². The third-order valence-electron chi connectivity index (χ3n) is 6.74. The lowest BCUT2D eigenvalue weighted by atomic mass is 10.1. The molecule has 1 unspecified atom stereocenters. The van der Waals surface area contributed by atoms with Crippen LogP contribution >= 0.6 is 0 Å². The van der Waals surface area contributed by atoms with Gasteiger partial charge in [0, 0.05) is 17.6 Å². The van der Waals surface area contributed by atoms with Crippen LogP contribution in [0.3, 0.4) is 0 Å². The molecule has 0 aliphatic heterocycles. The summed E-state index contributed by atoms with van der Waals surface area (Å²) in [5, 5.41) is 5.81. The smallest absolute Gasteiger partial charge is 0.313 e. The van der Waals surface area contributed by atoms with Crippen molar-refractivity contribution in [2.75, 3.05) is 0 Å². The Morgan fingerprint density at radius 2 is 1.59 bits per heavy atom. The van der Waals surface area contributed by atoms with Crippen LogP contribution in [-0.2, 0) is 20.9 Å². The van der Waals surface area contributed by atoms with Crippen molar-refractivity contribution in [3.8, 4) is 0 Å². The maximum Gasteiger partial charge on any atom is 0.313 e. The van der Waals surface area contributed by atoms with Gasteiger partial charge in [-0.3, -0.25) is 14.4 Å². The highest BCUT2D eigenvalue weighted by atomic mass is 19.1.